The summed E-state index contributed by atoms with van der Waals surface area (Å²) in [6.07, 6.45) is -2.87. The maximum absolute atomic E-state index is 12.8. The lowest BCUT2D eigenvalue weighted by Crippen LogP contribution is -2.38. The third-order valence-electron chi connectivity index (χ3n) is 5.00. The molecule has 30 heavy (non-hydrogen) atoms. The number of hydrogen-bond donors (Lipinski definition) is 1. The summed E-state index contributed by atoms with van der Waals surface area (Å²) in [6, 6.07) is 3.42. The molecule has 7 nitrogen and oxygen atoms in total. The molecule has 1 aliphatic rings. The van der Waals surface area contributed by atoms with Crippen LogP contribution in [0.15, 0.2) is 33.6 Å². The summed E-state index contributed by atoms with van der Waals surface area (Å²) in [5.74, 6) is 0.479. The quantitative estimate of drug-likeness (QED) is 0.762. The van der Waals surface area contributed by atoms with Crippen LogP contribution in [0.3, 0.4) is 0 Å². The van der Waals surface area contributed by atoms with E-state index < -0.39 is 33.2 Å². The van der Waals surface area contributed by atoms with E-state index in [9.17, 15) is 26.4 Å². The highest BCUT2D eigenvalue weighted by Crippen LogP contribution is 2.30. The van der Waals surface area contributed by atoms with E-state index in [-0.39, 0.29) is 23.3 Å². The number of likely N-dealkylation sites (tertiary alicyclic amines) is 1. The summed E-state index contributed by atoms with van der Waals surface area (Å²) in [7, 11) is -4.24. The van der Waals surface area contributed by atoms with Crippen molar-refractivity contribution in [2.24, 2.45) is 5.92 Å². The molecule has 1 N–H and O–H groups in total. The van der Waals surface area contributed by atoms with Crippen LogP contribution in [0.2, 0.25) is 0 Å². The van der Waals surface area contributed by atoms with Crippen LogP contribution >= 0.6 is 0 Å². The molecule has 1 fully saturated rings. The molecule has 0 radical (unpaired) electrons. The predicted octanol–water partition coefficient (Wildman–Crippen LogP) is 3.35. The lowest BCUT2D eigenvalue weighted by Gasteiger charge is -2.29. The number of amides is 1. The average Bonchev–Trinajstić information content (AvgIpc) is 3.07. The van der Waals surface area contributed by atoms with E-state index >= 15 is 0 Å². The first-order chi connectivity index (χ1) is 14.0. The molecule has 1 aliphatic heterocycles. The molecule has 2 heterocycles. The third-order valence-corrected chi connectivity index (χ3v) is 6.40. The highest BCUT2D eigenvalue weighted by atomic mass is 32.2. The molecule has 164 valence electrons. The summed E-state index contributed by atoms with van der Waals surface area (Å²) >= 11 is 0. The van der Waals surface area contributed by atoms with E-state index in [1.54, 1.807) is 11.8 Å². The zero-order chi connectivity index (χ0) is 22.1. The molecule has 1 saturated heterocycles. The zero-order valence-corrected chi connectivity index (χ0v) is 17.3. The smallest absolute Gasteiger partial charge is 0.416 e. The number of carbonyl (C=O) groups excluding carboxylic acids is 1. The van der Waals surface area contributed by atoms with Crippen LogP contribution in [0.25, 0.3) is 0 Å². The van der Waals surface area contributed by atoms with Crippen molar-refractivity contribution in [1.82, 2.24) is 14.6 Å². The predicted molar refractivity (Wildman–Crippen MR) is 101 cm³/mol. The molecule has 0 atom stereocenters. The number of rotatable bonds is 5. The molecule has 2 aromatic rings. The summed E-state index contributed by atoms with van der Waals surface area (Å²) in [6.45, 7) is 4.51. The fraction of sp³-hybridized carbons (Fsp3) is 0.474. The number of aryl methyl sites for hydroxylation is 1. The van der Waals surface area contributed by atoms with E-state index in [0.717, 1.165) is 31.0 Å². The van der Waals surface area contributed by atoms with E-state index in [4.69, 9.17) is 4.42 Å². The van der Waals surface area contributed by atoms with Crippen LogP contribution in [0, 0.1) is 12.8 Å². The Morgan fingerprint density at radius 1 is 1.30 bits per heavy atom. The lowest BCUT2D eigenvalue weighted by molar-refractivity contribution is -0.137. The number of alkyl halides is 3. The first-order valence-corrected chi connectivity index (χ1v) is 10.9. The number of oxazole rings is 1. The van der Waals surface area contributed by atoms with Crippen LogP contribution < -0.4 is 4.72 Å². The van der Waals surface area contributed by atoms with Gasteiger partial charge in [-0.05, 0) is 43.9 Å². The fourth-order valence-corrected chi connectivity index (χ4v) is 4.19. The van der Waals surface area contributed by atoms with E-state index in [1.165, 1.54) is 0 Å². The highest BCUT2D eigenvalue weighted by Gasteiger charge is 2.32. The van der Waals surface area contributed by atoms with Crippen LogP contribution in [0.4, 0.5) is 13.2 Å². The Morgan fingerprint density at radius 3 is 2.60 bits per heavy atom. The first kappa shape index (κ1) is 22.3. The van der Waals surface area contributed by atoms with E-state index in [0.29, 0.717) is 25.1 Å². The maximum atomic E-state index is 12.8. The molecule has 1 amide bonds. The molecule has 11 heteroatoms. The fourth-order valence-electron chi connectivity index (χ4n) is 3.17. The number of sulfonamides is 1. The largest absolute Gasteiger partial charge is 0.444 e. The molecular formula is C19H22F3N3O4S. The SMILES string of the molecule is Cc1oc(CNS(=O)(=O)c2cccc(C(F)(F)F)c2)nc1C(=O)N1CCC(C)CC1. The second-order valence-corrected chi connectivity index (χ2v) is 9.10. The van der Waals surface area contributed by atoms with Gasteiger partial charge in [-0.2, -0.15) is 13.2 Å². The molecule has 0 spiro atoms. The molecule has 1 aromatic heterocycles. The van der Waals surface area contributed by atoms with Gasteiger partial charge in [0.1, 0.15) is 5.76 Å². The van der Waals surface area contributed by atoms with Gasteiger partial charge in [0.25, 0.3) is 5.91 Å². The Kier molecular flexibility index (Phi) is 6.23. The molecule has 3 rings (SSSR count). The van der Waals surface area contributed by atoms with Crippen molar-refractivity contribution in [1.29, 1.82) is 0 Å². The number of aromatic nitrogens is 1. The van der Waals surface area contributed by atoms with Crippen LogP contribution in [-0.4, -0.2) is 37.3 Å². The molecular weight excluding hydrogens is 423 g/mol. The highest BCUT2D eigenvalue weighted by molar-refractivity contribution is 7.89. The van der Waals surface area contributed by atoms with Crippen LogP contribution in [-0.2, 0) is 22.7 Å². The molecule has 0 aliphatic carbocycles. The van der Waals surface area contributed by atoms with Crippen molar-refractivity contribution >= 4 is 15.9 Å². The number of nitrogens with zero attached hydrogens (tertiary/aromatic N) is 2. The Bertz CT molecular complexity index is 1030. The standard InChI is InChI=1S/C19H22F3N3O4S/c1-12-6-8-25(9-7-12)18(26)17-13(2)29-16(24-17)11-23-30(27,28)15-5-3-4-14(10-15)19(20,21)22/h3-5,10,12,23H,6-9,11H2,1-2H3. The normalized spacial score (nSPS) is 16.1. The number of halogens is 3. The van der Waals surface area contributed by atoms with Crippen LogP contribution in [0.1, 0.15) is 47.5 Å². The van der Waals surface area contributed by atoms with Crippen molar-refractivity contribution in [2.45, 2.75) is 44.3 Å². The van der Waals surface area contributed by atoms with Gasteiger partial charge in [0, 0.05) is 13.1 Å². The summed E-state index contributed by atoms with van der Waals surface area (Å²) in [5.41, 5.74) is -0.959. The summed E-state index contributed by atoms with van der Waals surface area (Å²) < 4.78 is 70.8. The summed E-state index contributed by atoms with van der Waals surface area (Å²) in [5, 5.41) is 0. The van der Waals surface area contributed by atoms with Crippen molar-refractivity contribution in [3.05, 3.63) is 47.2 Å². The minimum Gasteiger partial charge on any atom is -0.444 e. The van der Waals surface area contributed by atoms with Gasteiger partial charge in [-0.1, -0.05) is 13.0 Å². The average molecular weight is 445 g/mol. The Morgan fingerprint density at radius 2 is 1.97 bits per heavy atom. The number of nitrogens with one attached hydrogen (secondary N) is 1. The second-order valence-electron chi connectivity index (χ2n) is 7.34. The number of hydrogen-bond acceptors (Lipinski definition) is 5. The van der Waals surface area contributed by atoms with Gasteiger partial charge in [0.05, 0.1) is 17.0 Å². The molecule has 1 aromatic carbocycles. The Balaban J connectivity index is 1.70. The van der Waals surface area contributed by atoms with Gasteiger partial charge in [-0.15, -0.1) is 0 Å². The molecule has 0 bridgehead atoms. The number of benzene rings is 1. The number of carbonyl (C=O) groups is 1. The monoisotopic (exact) mass is 445 g/mol. The van der Waals surface area contributed by atoms with E-state index in [1.807, 2.05) is 0 Å². The van der Waals surface area contributed by atoms with Gasteiger partial charge >= 0.3 is 6.18 Å². The van der Waals surface area contributed by atoms with E-state index in [2.05, 4.69) is 16.6 Å². The van der Waals surface area contributed by atoms with Crippen molar-refractivity contribution in [3.63, 3.8) is 0 Å². The van der Waals surface area contributed by atoms with Gasteiger partial charge in [-0.3, -0.25) is 4.79 Å². The van der Waals surface area contributed by atoms with Gasteiger partial charge in [0.15, 0.2) is 5.69 Å². The third kappa shape index (κ3) is 5.01. The van der Waals surface area contributed by atoms with Gasteiger partial charge in [-0.25, -0.2) is 18.1 Å². The second kappa shape index (κ2) is 8.38. The Hall–Kier alpha value is -2.40. The van der Waals surface area contributed by atoms with Crippen molar-refractivity contribution in [3.8, 4) is 0 Å². The molecule has 0 saturated carbocycles. The van der Waals surface area contributed by atoms with Gasteiger partial charge < -0.3 is 9.32 Å². The zero-order valence-electron chi connectivity index (χ0n) is 16.5. The minimum absolute atomic E-state index is 0.0446. The van der Waals surface area contributed by atoms with Crippen molar-refractivity contribution < 1.29 is 30.8 Å². The van der Waals surface area contributed by atoms with Crippen molar-refractivity contribution in [2.75, 3.05) is 13.1 Å². The molecule has 0 unspecified atom stereocenters. The Labute approximate surface area is 172 Å². The summed E-state index contributed by atoms with van der Waals surface area (Å²) in [4.78, 5) is 17.9. The lowest BCUT2D eigenvalue weighted by atomic mass is 9.99. The minimum atomic E-state index is -4.66. The topological polar surface area (TPSA) is 92.5 Å². The first-order valence-electron chi connectivity index (χ1n) is 9.40. The number of piperidine rings is 1. The van der Waals surface area contributed by atoms with Crippen LogP contribution in [0.5, 0.6) is 0 Å². The van der Waals surface area contributed by atoms with Gasteiger partial charge in [0.2, 0.25) is 15.9 Å². The maximum Gasteiger partial charge on any atom is 0.416 e.